The first-order valence-corrected chi connectivity index (χ1v) is 8.18. The fourth-order valence-corrected chi connectivity index (χ4v) is 3.65. The summed E-state index contributed by atoms with van der Waals surface area (Å²) in [6.45, 7) is 2.32. The number of pyridine rings is 1. The summed E-state index contributed by atoms with van der Waals surface area (Å²) in [5, 5.41) is 7.34. The zero-order valence-electron chi connectivity index (χ0n) is 12.5. The van der Waals surface area contributed by atoms with Gasteiger partial charge in [0.25, 0.3) is 0 Å². The number of fused-ring (bicyclic) bond motifs is 1. The Kier molecular flexibility index (Phi) is 3.38. The predicted molar refractivity (Wildman–Crippen MR) is 90.0 cm³/mol. The normalized spacial score (nSPS) is 21.5. The van der Waals surface area contributed by atoms with Crippen LogP contribution in [0.3, 0.4) is 0 Å². The second-order valence-corrected chi connectivity index (χ2v) is 6.64. The highest BCUT2D eigenvalue weighted by atomic mass is 35.5. The molecule has 0 amide bonds. The highest BCUT2D eigenvalue weighted by Crippen LogP contribution is 2.35. The Balaban J connectivity index is 1.71. The van der Waals surface area contributed by atoms with Gasteiger partial charge >= 0.3 is 0 Å². The van der Waals surface area contributed by atoms with Crippen molar-refractivity contribution in [2.75, 3.05) is 0 Å². The summed E-state index contributed by atoms with van der Waals surface area (Å²) in [5.41, 5.74) is 2.33. The third kappa shape index (κ3) is 2.40. The molecule has 0 bridgehead atoms. The van der Waals surface area contributed by atoms with E-state index in [0.29, 0.717) is 17.1 Å². The van der Waals surface area contributed by atoms with Gasteiger partial charge in [-0.15, -0.1) is 0 Å². The molecular weight excluding hydrogens is 294 g/mol. The Hall–Kier alpha value is -1.87. The Morgan fingerprint density at radius 3 is 2.82 bits per heavy atom. The summed E-state index contributed by atoms with van der Waals surface area (Å²) in [5.74, 6) is 0.717. The van der Waals surface area contributed by atoms with Crippen LogP contribution in [-0.2, 0) is 0 Å². The molecule has 2 atom stereocenters. The second kappa shape index (κ2) is 5.40. The number of nitrogens with zero attached hydrogens (tertiary/aromatic N) is 3. The monoisotopic (exact) mass is 311 g/mol. The van der Waals surface area contributed by atoms with Crippen LogP contribution in [0.5, 0.6) is 0 Å². The maximum Gasteiger partial charge on any atom is 0.129 e. The van der Waals surface area contributed by atoms with Gasteiger partial charge in [0.2, 0.25) is 0 Å². The van der Waals surface area contributed by atoms with Gasteiger partial charge in [-0.25, -0.2) is 4.98 Å². The smallest absolute Gasteiger partial charge is 0.129 e. The van der Waals surface area contributed by atoms with E-state index in [2.05, 4.69) is 46.1 Å². The zero-order valence-corrected chi connectivity index (χ0v) is 13.3. The van der Waals surface area contributed by atoms with Crippen molar-refractivity contribution in [2.45, 2.75) is 32.2 Å². The topological polar surface area (TPSA) is 30.7 Å². The minimum absolute atomic E-state index is 0.528. The number of rotatable bonds is 2. The molecule has 0 spiro atoms. The predicted octanol–water partition coefficient (Wildman–Crippen LogP) is 5.11. The Morgan fingerprint density at radius 2 is 2.00 bits per heavy atom. The molecule has 22 heavy (non-hydrogen) atoms. The Labute approximate surface area is 134 Å². The number of benzene rings is 1. The van der Waals surface area contributed by atoms with E-state index >= 15 is 0 Å². The van der Waals surface area contributed by atoms with E-state index in [1.165, 1.54) is 24.8 Å². The summed E-state index contributed by atoms with van der Waals surface area (Å²) >= 11 is 6.00. The Bertz CT molecular complexity index is 824. The van der Waals surface area contributed by atoms with Crippen molar-refractivity contribution in [1.29, 1.82) is 0 Å². The lowest BCUT2D eigenvalue weighted by Gasteiger charge is -2.15. The molecule has 0 saturated heterocycles. The van der Waals surface area contributed by atoms with Crippen molar-refractivity contribution < 1.29 is 0 Å². The van der Waals surface area contributed by atoms with E-state index in [9.17, 15) is 0 Å². The molecule has 112 valence electrons. The van der Waals surface area contributed by atoms with E-state index in [1.54, 1.807) is 0 Å². The van der Waals surface area contributed by atoms with Gasteiger partial charge in [0.15, 0.2) is 0 Å². The first-order chi connectivity index (χ1) is 10.7. The molecule has 1 aliphatic carbocycles. The summed E-state index contributed by atoms with van der Waals surface area (Å²) in [4.78, 5) is 4.12. The minimum atomic E-state index is 0.528. The molecule has 0 N–H and O–H groups in total. The van der Waals surface area contributed by atoms with Crippen molar-refractivity contribution in [3.8, 4) is 11.1 Å². The van der Waals surface area contributed by atoms with E-state index in [-0.39, 0.29) is 0 Å². The van der Waals surface area contributed by atoms with Gasteiger partial charge in [-0.3, -0.25) is 4.68 Å². The van der Waals surface area contributed by atoms with Crippen LogP contribution in [-0.4, -0.2) is 14.8 Å². The lowest BCUT2D eigenvalue weighted by atomic mass is 10.0. The standard InChI is InChI=1S/C18H18ClN3/c1-12-3-2-4-17(12)22-11-16(10-21-22)13-5-6-14-9-20-18(19)8-15(14)7-13/h5-12,17H,2-4H2,1H3. The first kappa shape index (κ1) is 13.8. The molecule has 4 heteroatoms. The molecule has 1 aliphatic rings. The summed E-state index contributed by atoms with van der Waals surface area (Å²) in [6.07, 6.45) is 9.81. The average molecular weight is 312 g/mol. The lowest BCUT2D eigenvalue weighted by Crippen LogP contribution is -2.11. The summed E-state index contributed by atoms with van der Waals surface area (Å²) in [7, 11) is 0. The van der Waals surface area contributed by atoms with Crippen LogP contribution >= 0.6 is 11.6 Å². The molecule has 2 heterocycles. The highest BCUT2D eigenvalue weighted by molar-refractivity contribution is 6.30. The van der Waals surface area contributed by atoms with Crippen molar-refractivity contribution in [3.05, 3.63) is 48.0 Å². The van der Waals surface area contributed by atoms with Crippen LogP contribution in [0, 0.1) is 5.92 Å². The van der Waals surface area contributed by atoms with Crippen LogP contribution in [0.15, 0.2) is 42.9 Å². The van der Waals surface area contributed by atoms with E-state index < -0.39 is 0 Å². The second-order valence-electron chi connectivity index (χ2n) is 6.25. The Morgan fingerprint density at radius 1 is 1.09 bits per heavy atom. The average Bonchev–Trinajstić information content (AvgIpc) is 3.15. The lowest BCUT2D eigenvalue weighted by molar-refractivity contribution is 0.375. The molecule has 1 fully saturated rings. The highest BCUT2D eigenvalue weighted by Gasteiger charge is 2.25. The van der Waals surface area contributed by atoms with Crippen LogP contribution in [0.25, 0.3) is 21.9 Å². The summed E-state index contributed by atoms with van der Waals surface area (Å²) < 4.78 is 2.15. The van der Waals surface area contributed by atoms with Gasteiger partial charge in [0.1, 0.15) is 5.15 Å². The van der Waals surface area contributed by atoms with Crippen LogP contribution in [0.1, 0.15) is 32.2 Å². The van der Waals surface area contributed by atoms with Crippen molar-refractivity contribution >= 4 is 22.4 Å². The van der Waals surface area contributed by atoms with Crippen LogP contribution < -0.4 is 0 Å². The van der Waals surface area contributed by atoms with Gasteiger partial charge in [-0.2, -0.15) is 5.10 Å². The zero-order chi connectivity index (χ0) is 15.1. The van der Waals surface area contributed by atoms with Gasteiger partial charge < -0.3 is 0 Å². The van der Waals surface area contributed by atoms with Gasteiger partial charge in [0, 0.05) is 23.3 Å². The molecular formula is C18H18ClN3. The van der Waals surface area contributed by atoms with Gasteiger partial charge in [-0.1, -0.05) is 37.1 Å². The third-order valence-corrected chi connectivity index (χ3v) is 4.99. The van der Waals surface area contributed by atoms with Crippen molar-refractivity contribution in [2.24, 2.45) is 5.92 Å². The number of halogens is 1. The van der Waals surface area contributed by atoms with Crippen LogP contribution in [0.4, 0.5) is 0 Å². The third-order valence-electron chi connectivity index (χ3n) is 4.78. The fraction of sp³-hybridized carbons (Fsp3) is 0.333. The fourth-order valence-electron chi connectivity index (χ4n) is 3.48. The van der Waals surface area contributed by atoms with Gasteiger partial charge in [-0.05, 0) is 41.8 Å². The molecule has 4 rings (SSSR count). The van der Waals surface area contributed by atoms with E-state index in [0.717, 1.165) is 16.3 Å². The van der Waals surface area contributed by atoms with E-state index in [4.69, 9.17) is 11.6 Å². The maximum absolute atomic E-state index is 6.00. The number of hydrogen-bond acceptors (Lipinski definition) is 2. The van der Waals surface area contributed by atoms with Gasteiger partial charge in [0.05, 0.1) is 12.2 Å². The molecule has 3 aromatic rings. The largest absolute Gasteiger partial charge is 0.269 e. The quantitative estimate of drug-likeness (QED) is 0.615. The summed E-state index contributed by atoms with van der Waals surface area (Å²) in [6, 6.07) is 8.82. The molecule has 1 saturated carbocycles. The van der Waals surface area contributed by atoms with Crippen molar-refractivity contribution in [3.63, 3.8) is 0 Å². The first-order valence-electron chi connectivity index (χ1n) is 7.80. The molecule has 2 aromatic heterocycles. The number of aromatic nitrogens is 3. The van der Waals surface area contributed by atoms with E-state index in [1.807, 2.05) is 18.5 Å². The van der Waals surface area contributed by atoms with Crippen LogP contribution in [0.2, 0.25) is 5.15 Å². The molecule has 0 radical (unpaired) electrons. The minimum Gasteiger partial charge on any atom is -0.269 e. The molecule has 0 aliphatic heterocycles. The SMILES string of the molecule is CC1CCCC1n1cc(-c2ccc3cnc(Cl)cc3c2)cn1. The molecule has 2 unspecified atom stereocenters. The molecule has 1 aromatic carbocycles. The maximum atomic E-state index is 6.00. The molecule has 3 nitrogen and oxygen atoms in total. The number of hydrogen-bond donors (Lipinski definition) is 0. The van der Waals surface area contributed by atoms with Crippen molar-refractivity contribution in [1.82, 2.24) is 14.8 Å².